The van der Waals surface area contributed by atoms with E-state index >= 15 is 0 Å². The van der Waals surface area contributed by atoms with Gasteiger partial charge in [0.15, 0.2) is 11.9 Å². The lowest BCUT2D eigenvalue weighted by atomic mass is 10.1. The summed E-state index contributed by atoms with van der Waals surface area (Å²) in [7, 11) is 0. The van der Waals surface area contributed by atoms with Crippen LogP contribution in [0.3, 0.4) is 0 Å². The molecule has 2 unspecified atom stereocenters. The highest BCUT2D eigenvalue weighted by molar-refractivity contribution is 9.10. The van der Waals surface area contributed by atoms with Crippen molar-refractivity contribution in [3.05, 3.63) is 62.3 Å². The third kappa shape index (κ3) is 2.37. The van der Waals surface area contributed by atoms with Gasteiger partial charge in [0.2, 0.25) is 5.78 Å². The molecule has 2 aromatic rings. The number of ketones is 1. The molecule has 20 heavy (non-hydrogen) atoms. The minimum atomic E-state index is -0.684. The highest BCUT2D eigenvalue weighted by atomic mass is 79.9. The molecule has 0 bridgehead atoms. The zero-order valence-corrected chi connectivity index (χ0v) is 11.6. The average molecular weight is 338 g/mol. The summed E-state index contributed by atoms with van der Waals surface area (Å²) in [6.07, 6.45) is -0.957. The van der Waals surface area contributed by atoms with Crippen LogP contribution in [-0.2, 0) is 4.74 Å². The van der Waals surface area contributed by atoms with Crippen LogP contribution in [0.5, 0.6) is 0 Å². The number of rotatable bonds is 4. The van der Waals surface area contributed by atoms with Gasteiger partial charge in [0, 0.05) is 4.47 Å². The molecule has 3 rings (SSSR count). The van der Waals surface area contributed by atoms with Gasteiger partial charge >= 0.3 is 5.88 Å². The lowest BCUT2D eigenvalue weighted by Gasteiger charge is -1.95. The molecular weight excluding hydrogens is 330 g/mol. The predicted octanol–water partition coefficient (Wildman–Crippen LogP) is 3.27. The van der Waals surface area contributed by atoms with Gasteiger partial charge in [0.05, 0.1) is 6.07 Å². The van der Waals surface area contributed by atoms with Crippen molar-refractivity contribution in [3.8, 4) is 0 Å². The molecule has 1 aliphatic heterocycles. The Labute approximate surface area is 121 Å². The maximum atomic E-state index is 12.0. The van der Waals surface area contributed by atoms with Gasteiger partial charge in [0.1, 0.15) is 11.0 Å². The van der Waals surface area contributed by atoms with E-state index in [2.05, 4.69) is 15.9 Å². The standard InChI is InChI=1S/C13H8BrNO5/c14-8-3-1-7(2-4-8)12-13(20-12)11(16)9-5-6-10(19-9)15(17)18/h1-6,12-13H. The summed E-state index contributed by atoms with van der Waals surface area (Å²) in [4.78, 5) is 21.9. The van der Waals surface area contributed by atoms with Gasteiger partial charge in [-0.25, -0.2) is 0 Å². The Bertz CT molecular complexity index is 678. The van der Waals surface area contributed by atoms with Crippen LogP contribution >= 0.6 is 15.9 Å². The van der Waals surface area contributed by atoms with E-state index in [1.54, 1.807) is 0 Å². The van der Waals surface area contributed by atoms with Gasteiger partial charge in [-0.05, 0) is 23.8 Å². The van der Waals surface area contributed by atoms with Gasteiger partial charge in [-0.3, -0.25) is 14.9 Å². The molecule has 2 atom stereocenters. The summed E-state index contributed by atoms with van der Waals surface area (Å²) in [5.41, 5.74) is 0.882. The fraction of sp³-hybridized carbons (Fsp3) is 0.154. The van der Waals surface area contributed by atoms with E-state index < -0.39 is 16.9 Å². The molecule has 0 radical (unpaired) electrons. The lowest BCUT2D eigenvalue weighted by Crippen LogP contribution is -2.06. The summed E-state index contributed by atoms with van der Waals surface area (Å²) >= 11 is 3.33. The van der Waals surface area contributed by atoms with Crippen LogP contribution in [0.15, 0.2) is 45.3 Å². The largest absolute Gasteiger partial charge is 0.433 e. The number of epoxide rings is 1. The molecule has 0 saturated carbocycles. The van der Waals surface area contributed by atoms with Gasteiger partial charge in [-0.1, -0.05) is 28.1 Å². The van der Waals surface area contributed by atoms with Crippen LogP contribution in [0.25, 0.3) is 0 Å². The van der Waals surface area contributed by atoms with Gasteiger partial charge in [0.25, 0.3) is 0 Å². The molecule has 1 aromatic heterocycles. The summed E-state index contributed by atoms with van der Waals surface area (Å²) in [6, 6.07) is 9.87. The van der Waals surface area contributed by atoms with Crippen molar-refractivity contribution in [1.29, 1.82) is 0 Å². The van der Waals surface area contributed by atoms with E-state index in [9.17, 15) is 14.9 Å². The topological polar surface area (TPSA) is 85.9 Å². The Balaban J connectivity index is 1.73. The Morgan fingerprint density at radius 3 is 2.50 bits per heavy atom. The maximum Gasteiger partial charge on any atom is 0.433 e. The molecule has 1 aliphatic rings. The summed E-state index contributed by atoms with van der Waals surface area (Å²) in [5.74, 6) is -0.887. The van der Waals surface area contributed by atoms with Crippen LogP contribution in [0, 0.1) is 10.1 Å². The number of halogens is 1. The fourth-order valence-corrected chi connectivity index (χ4v) is 2.18. The van der Waals surface area contributed by atoms with Crippen LogP contribution in [-0.4, -0.2) is 16.8 Å². The van der Waals surface area contributed by atoms with Crippen molar-refractivity contribution >= 4 is 27.6 Å². The van der Waals surface area contributed by atoms with E-state index in [1.165, 1.54) is 6.07 Å². The SMILES string of the molecule is O=C(c1ccc([N+](=O)[O-])o1)C1OC1c1ccc(Br)cc1. The molecular formula is C13H8BrNO5. The highest BCUT2D eigenvalue weighted by Crippen LogP contribution is 2.41. The zero-order valence-electron chi connectivity index (χ0n) is 9.99. The van der Waals surface area contributed by atoms with Crippen LogP contribution < -0.4 is 0 Å². The Hall–Kier alpha value is -1.99. The normalized spacial score (nSPS) is 20.6. The van der Waals surface area contributed by atoms with Gasteiger partial charge in [-0.15, -0.1) is 0 Å². The second-order valence-electron chi connectivity index (χ2n) is 4.29. The molecule has 6 nitrogen and oxygen atoms in total. The van der Waals surface area contributed by atoms with Crippen LogP contribution in [0.2, 0.25) is 0 Å². The second kappa shape index (κ2) is 4.84. The first-order valence-electron chi connectivity index (χ1n) is 5.75. The monoisotopic (exact) mass is 337 g/mol. The third-order valence-corrected chi connectivity index (χ3v) is 3.49. The molecule has 0 N–H and O–H groups in total. The number of carbonyl (C=O) groups excluding carboxylic acids is 1. The van der Waals surface area contributed by atoms with E-state index in [4.69, 9.17) is 9.15 Å². The zero-order chi connectivity index (χ0) is 14.3. The van der Waals surface area contributed by atoms with E-state index in [1.807, 2.05) is 24.3 Å². The first-order chi connectivity index (χ1) is 9.56. The molecule has 1 saturated heterocycles. The summed E-state index contributed by atoms with van der Waals surface area (Å²) < 4.78 is 11.1. The van der Waals surface area contributed by atoms with Gasteiger partial charge < -0.3 is 9.15 Å². The number of benzene rings is 1. The smallest absolute Gasteiger partial charge is 0.397 e. The molecule has 0 spiro atoms. The molecule has 102 valence electrons. The number of nitro groups is 1. The quantitative estimate of drug-likeness (QED) is 0.370. The number of hydrogen-bond acceptors (Lipinski definition) is 5. The summed E-state index contributed by atoms with van der Waals surface area (Å²) in [6.45, 7) is 0. The molecule has 2 heterocycles. The summed E-state index contributed by atoms with van der Waals surface area (Å²) in [5, 5.41) is 10.5. The van der Waals surface area contributed by atoms with Crippen molar-refractivity contribution in [2.45, 2.75) is 12.2 Å². The molecule has 1 aromatic carbocycles. The number of hydrogen-bond donors (Lipinski definition) is 0. The molecule has 0 amide bonds. The maximum absolute atomic E-state index is 12.0. The third-order valence-electron chi connectivity index (χ3n) is 2.96. The number of Topliss-reactive ketones (excluding diaryl/α,β-unsaturated/α-hetero) is 1. The molecule has 7 heteroatoms. The van der Waals surface area contributed by atoms with Crippen molar-refractivity contribution in [2.75, 3.05) is 0 Å². The number of ether oxygens (including phenoxy) is 1. The second-order valence-corrected chi connectivity index (χ2v) is 5.20. The van der Waals surface area contributed by atoms with Crippen molar-refractivity contribution in [1.82, 2.24) is 0 Å². The van der Waals surface area contributed by atoms with E-state index in [0.29, 0.717) is 0 Å². The first-order valence-corrected chi connectivity index (χ1v) is 6.55. The lowest BCUT2D eigenvalue weighted by molar-refractivity contribution is -0.402. The number of nitrogens with zero attached hydrogens (tertiary/aromatic N) is 1. The van der Waals surface area contributed by atoms with Gasteiger partial charge in [-0.2, -0.15) is 0 Å². The minimum Gasteiger partial charge on any atom is -0.397 e. The fourth-order valence-electron chi connectivity index (χ4n) is 1.92. The Kier molecular flexibility index (Phi) is 3.15. The molecule has 0 aliphatic carbocycles. The van der Waals surface area contributed by atoms with Crippen LogP contribution in [0.1, 0.15) is 22.2 Å². The first kappa shape index (κ1) is 13.0. The Morgan fingerprint density at radius 1 is 1.20 bits per heavy atom. The predicted molar refractivity (Wildman–Crippen MR) is 71.4 cm³/mol. The molecule has 1 fully saturated rings. The van der Waals surface area contributed by atoms with E-state index in [-0.39, 0.29) is 17.6 Å². The Morgan fingerprint density at radius 2 is 1.90 bits per heavy atom. The highest BCUT2D eigenvalue weighted by Gasteiger charge is 2.47. The minimum absolute atomic E-state index is 0.0543. The van der Waals surface area contributed by atoms with Crippen molar-refractivity contribution in [2.24, 2.45) is 0 Å². The van der Waals surface area contributed by atoms with Crippen molar-refractivity contribution < 1.29 is 18.9 Å². The average Bonchev–Trinajstić information content (AvgIpc) is 3.06. The van der Waals surface area contributed by atoms with Crippen LogP contribution in [0.4, 0.5) is 5.88 Å². The number of carbonyl (C=O) groups is 1. The number of furan rings is 1. The van der Waals surface area contributed by atoms with Crippen molar-refractivity contribution in [3.63, 3.8) is 0 Å². The van der Waals surface area contributed by atoms with E-state index in [0.717, 1.165) is 16.1 Å².